The molecular weight excluding hydrogens is 335 g/mol. The molecule has 0 spiro atoms. The van der Waals surface area contributed by atoms with E-state index in [2.05, 4.69) is 15.3 Å². The number of rotatable bonds is 3. The molecule has 0 saturated heterocycles. The molecule has 4 rings (SSSR count). The number of nitrogens with one attached hydrogen (secondary N) is 1. The molecule has 0 fully saturated rings. The van der Waals surface area contributed by atoms with E-state index in [0.29, 0.717) is 28.8 Å². The van der Waals surface area contributed by atoms with Crippen molar-refractivity contribution < 1.29 is 13.9 Å². The Hall–Kier alpha value is -3.48. The number of carbonyl (C=O) groups is 1. The van der Waals surface area contributed by atoms with Crippen molar-refractivity contribution in [3.8, 4) is 17.0 Å². The molecule has 0 bridgehead atoms. The predicted octanol–water partition coefficient (Wildman–Crippen LogP) is 3.38. The van der Waals surface area contributed by atoms with E-state index in [1.54, 1.807) is 36.3 Å². The van der Waals surface area contributed by atoms with Gasteiger partial charge in [-0.25, -0.2) is 14.4 Å². The van der Waals surface area contributed by atoms with Gasteiger partial charge in [-0.2, -0.15) is 0 Å². The molecule has 130 valence electrons. The van der Waals surface area contributed by atoms with Gasteiger partial charge in [-0.05, 0) is 48.5 Å². The first-order valence-corrected chi connectivity index (χ1v) is 7.99. The van der Waals surface area contributed by atoms with E-state index in [1.807, 2.05) is 18.2 Å². The van der Waals surface area contributed by atoms with Gasteiger partial charge in [-0.15, -0.1) is 0 Å². The van der Waals surface area contributed by atoms with Gasteiger partial charge in [0.15, 0.2) is 6.61 Å². The molecule has 0 radical (unpaired) electrons. The first-order chi connectivity index (χ1) is 12.6. The van der Waals surface area contributed by atoms with E-state index in [9.17, 15) is 9.18 Å². The highest BCUT2D eigenvalue weighted by Gasteiger charge is 2.22. The predicted molar refractivity (Wildman–Crippen MR) is 96.1 cm³/mol. The number of carbonyl (C=O) groups excluding carboxylic acids is 1. The summed E-state index contributed by atoms with van der Waals surface area (Å²) in [6.07, 6.45) is 1.64. The molecule has 7 heteroatoms. The van der Waals surface area contributed by atoms with Crippen LogP contribution in [0.2, 0.25) is 0 Å². The summed E-state index contributed by atoms with van der Waals surface area (Å²) in [6.45, 7) is 0.0437. The fourth-order valence-electron chi connectivity index (χ4n) is 2.67. The maximum atomic E-state index is 13.0. The van der Waals surface area contributed by atoms with Gasteiger partial charge in [-0.1, -0.05) is 0 Å². The number of amides is 1. The normalized spacial score (nSPS) is 13.2. The number of aromatic nitrogens is 2. The largest absolute Gasteiger partial charge is 0.482 e. The fraction of sp³-hybridized carbons (Fsp3) is 0.105. The van der Waals surface area contributed by atoms with Crippen LogP contribution in [0, 0.1) is 5.82 Å². The van der Waals surface area contributed by atoms with Crippen molar-refractivity contribution >= 4 is 23.2 Å². The maximum absolute atomic E-state index is 13.0. The Labute approximate surface area is 149 Å². The van der Waals surface area contributed by atoms with Crippen molar-refractivity contribution in [2.75, 3.05) is 23.9 Å². The molecule has 3 aromatic rings. The average molecular weight is 350 g/mol. The fourth-order valence-corrected chi connectivity index (χ4v) is 2.67. The summed E-state index contributed by atoms with van der Waals surface area (Å²) in [5, 5.41) is 3.04. The Bertz CT molecular complexity index is 976. The van der Waals surface area contributed by atoms with Crippen LogP contribution in [0.25, 0.3) is 11.3 Å². The van der Waals surface area contributed by atoms with Crippen molar-refractivity contribution in [3.63, 3.8) is 0 Å². The Morgan fingerprint density at radius 3 is 2.77 bits per heavy atom. The molecule has 1 aromatic heterocycles. The van der Waals surface area contributed by atoms with Crippen LogP contribution in [0.15, 0.2) is 54.7 Å². The number of ether oxygens (including phenoxy) is 1. The molecule has 6 nitrogen and oxygen atoms in total. The molecule has 2 aromatic carbocycles. The molecule has 1 aliphatic rings. The zero-order valence-corrected chi connectivity index (χ0v) is 13.9. The Morgan fingerprint density at radius 2 is 1.96 bits per heavy atom. The SMILES string of the molecule is CN1C(=O)COc2ccc(-c3ccnc(Nc4ccc(F)cc4)n3)cc21. The summed E-state index contributed by atoms with van der Waals surface area (Å²) in [4.78, 5) is 22.1. The molecule has 0 unspecified atom stereocenters. The van der Waals surface area contributed by atoms with Gasteiger partial charge in [0.05, 0.1) is 11.4 Å². The third kappa shape index (κ3) is 3.06. The summed E-state index contributed by atoms with van der Waals surface area (Å²) in [6, 6.07) is 13.3. The molecule has 1 aliphatic heterocycles. The number of likely N-dealkylation sites (N-methyl/N-ethyl adjacent to an activating group) is 1. The molecule has 1 N–H and O–H groups in total. The van der Waals surface area contributed by atoms with Crippen LogP contribution in [0.3, 0.4) is 0 Å². The molecule has 0 saturated carbocycles. The standard InChI is InChI=1S/C19H15FN4O2/c1-24-16-10-12(2-7-17(16)26-11-18(24)25)15-8-9-21-19(23-15)22-14-5-3-13(20)4-6-14/h2-10H,11H2,1H3,(H,21,22,23). The number of nitrogens with zero attached hydrogens (tertiary/aromatic N) is 3. The topological polar surface area (TPSA) is 67.4 Å². The molecule has 1 amide bonds. The summed E-state index contributed by atoms with van der Waals surface area (Å²) >= 11 is 0. The second-order valence-corrected chi connectivity index (χ2v) is 5.82. The van der Waals surface area contributed by atoms with Crippen molar-refractivity contribution in [2.24, 2.45) is 0 Å². The zero-order valence-electron chi connectivity index (χ0n) is 13.9. The van der Waals surface area contributed by atoms with E-state index in [-0.39, 0.29) is 18.3 Å². The monoisotopic (exact) mass is 350 g/mol. The van der Waals surface area contributed by atoms with Crippen LogP contribution in [-0.4, -0.2) is 29.5 Å². The molecule has 2 heterocycles. The van der Waals surface area contributed by atoms with Gasteiger partial charge in [0.1, 0.15) is 11.6 Å². The summed E-state index contributed by atoms with van der Waals surface area (Å²) in [5.41, 5.74) is 2.91. The van der Waals surface area contributed by atoms with E-state index >= 15 is 0 Å². The van der Waals surface area contributed by atoms with Gasteiger partial charge in [0.2, 0.25) is 5.95 Å². The first-order valence-electron chi connectivity index (χ1n) is 7.99. The van der Waals surface area contributed by atoms with Gasteiger partial charge < -0.3 is 15.0 Å². The number of hydrogen-bond donors (Lipinski definition) is 1. The highest BCUT2D eigenvalue weighted by atomic mass is 19.1. The Morgan fingerprint density at radius 1 is 1.15 bits per heavy atom. The highest BCUT2D eigenvalue weighted by molar-refractivity contribution is 5.98. The van der Waals surface area contributed by atoms with Gasteiger partial charge in [-0.3, -0.25) is 4.79 Å². The highest BCUT2D eigenvalue weighted by Crippen LogP contribution is 2.35. The molecule has 26 heavy (non-hydrogen) atoms. The minimum Gasteiger partial charge on any atom is -0.482 e. The van der Waals surface area contributed by atoms with Crippen molar-refractivity contribution in [3.05, 3.63) is 60.5 Å². The van der Waals surface area contributed by atoms with Crippen LogP contribution in [-0.2, 0) is 4.79 Å². The maximum Gasteiger partial charge on any atom is 0.264 e. The average Bonchev–Trinajstić information content (AvgIpc) is 2.67. The van der Waals surface area contributed by atoms with E-state index in [4.69, 9.17) is 4.74 Å². The van der Waals surface area contributed by atoms with Crippen molar-refractivity contribution in [1.29, 1.82) is 0 Å². The lowest BCUT2D eigenvalue weighted by atomic mass is 10.1. The number of hydrogen-bond acceptors (Lipinski definition) is 5. The third-order valence-corrected chi connectivity index (χ3v) is 4.10. The molecule has 0 atom stereocenters. The zero-order chi connectivity index (χ0) is 18.1. The van der Waals surface area contributed by atoms with Gasteiger partial charge in [0.25, 0.3) is 5.91 Å². The minimum absolute atomic E-state index is 0.0437. The Balaban J connectivity index is 1.64. The Kier molecular flexibility index (Phi) is 3.96. The van der Waals surface area contributed by atoms with Crippen molar-refractivity contribution in [1.82, 2.24) is 9.97 Å². The van der Waals surface area contributed by atoms with Crippen LogP contribution < -0.4 is 15.0 Å². The van der Waals surface area contributed by atoms with Crippen molar-refractivity contribution in [2.45, 2.75) is 0 Å². The van der Waals surface area contributed by atoms with E-state index in [0.717, 1.165) is 5.56 Å². The second-order valence-electron chi connectivity index (χ2n) is 5.82. The molecular formula is C19H15FN4O2. The number of anilines is 3. The van der Waals surface area contributed by atoms with Crippen LogP contribution in [0.4, 0.5) is 21.7 Å². The lowest BCUT2D eigenvalue weighted by molar-refractivity contribution is -0.120. The van der Waals surface area contributed by atoms with Crippen LogP contribution >= 0.6 is 0 Å². The third-order valence-electron chi connectivity index (χ3n) is 4.10. The number of benzene rings is 2. The second kappa shape index (κ2) is 6.44. The quantitative estimate of drug-likeness (QED) is 0.784. The summed E-state index contributed by atoms with van der Waals surface area (Å²) < 4.78 is 18.5. The lowest BCUT2D eigenvalue weighted by Crippen LogP contribution is -2.35. The summed E-state index contributed by atoms with van der Waals surface area (Å²) in [5.74, 6) is 0.651. The smallest absolute Gasteiger partial charge is 0.264 e. The van der Waals surface area contributed by atoms with E-state index < -0.39 is 0 Å². The minimum atomic E-state index is -0.305. The summed E-state index contributed by atoms with van der Waals surface area (Å²) in [7, 11) is 1.72. The van der Waals surface area contributed by atoms with Crippen LogP contribution in [0.1, 0.15) is 0 Å². The van der Waals surface area contributed by atoms with Crippen LogP contribution in [0.5, 0.6) is 5.75 Å². The van der Waals surface area contributed by atoms with Gasteiger partial charge in [0, 0.05) is 24.5 Å². The van der Waals surface area contributed by atoms with Gasteiger partial charge >= 0.3 is 0 Å². The molecule has 0 aliphatic carbocycles. The number of fused-ring (bicyclic) bond motifs is 1. The lowest BCUT2D eigenvalue weighted by Gasteiger charge is -2.26. The van der Waals surface area contributed by atoms with E-state index in [1.165, 1.54) is 12.1 Å². The first kappa shape index (κ1) is 16.0. The number of halogens is 1.